The van der Waals surface area contributed by atoms with Crippen molar-refractivity contribution < 1.29 is 56.3 Å². The second-order valence-electron chi connectivity index (χ2n) is 6.51. The van der Waals surface area contributed by atoms with E-state index in [4.69, 9.17) is 32.4 Å². The highest BCUT2D eigenvalue weighted by molar-refractivity contribution is 7.66. The quantitative estimate of drug-likeness (QED) is 0.159. The van der Waals surface area contributed by atoms with Crippen LogP contribution in [0.15, 0.2) is 6.33 Å². The summed E-state index contributed by atoms with van der Waals surface area (Å²) in [4.78, 5) is 47.7. The van der Waals surface area contributed by atoms with E-state index < -0.39 is 48.0 Å². The molecule has 9 N–H and O–H groups in total. The first-order valence-electron chi connectivity index (χ1n) is 8.44. The van der Waals surface area contributed by atoms with Crippen LogP contribution in [-0.4, -0.2) is 62.5 Å². The Balaban J connectivity index is 1.78. The lowest BCUT2D eigenvalue weighted by Crippen LogP contribution is -2.42. The summed E-state index contributed by atoms with van der Waals surface area (Å²) in [5.74, 6) is 1.88. The van der Waals surface area contributed by atoms with Crippen LogP contribution in [0.1, 0.15) is 12.6 Å². The fourth-order valence-electron chi connectivity index (χ4n) is 2.87. The van der Waals surface area contributed by atoms with Crippen LogP contribution in [0.5, 0.6) is 0 Å². The molecule has 18 nitrogen and oxygen atoms in total. The molecule has 0 aromatic carbocycles. The van der Waals surface area contributed by atoms with Gasteiger partial charge >= 0.3 is 23.5 Å². The molecule has 5 atom stereocenters. The number of nitrogen functional groups attached to an aromatic ring is 2. The van der Waals surface area contributed by atoms with E-state index >= 15 is 0 Å². The monoisotopic (exact) mass is 530 g/mol. The maximum absolute atomic E-state index is 12.0. The Morgan fingerprint density at radius 3 is 2.48 bits per heavy atom. The van der Waals surface area contributed by atoms with Crippen molar-refractivity contribution in [1.29, 1.82) is 0 Å². The van der Waals surface area contributed by atoms with E-state index in [1.807, 2.05) is 0 Å². The molecule has 0 aliphatic carbocycles. The molecule has 2 unspecified atom stereocenters. The van der Waals surface area contributed by atoms with Crippen LogP contribution in [0, 0.1) is 12.3 Å². The van der Waals surface area contributed by atoms with Gasteiger partial charge in [0.15, 0.2) is 17.1 Å². The second-order valence-corrected chi connectivity index (χ2v) is 10.9. The minimum atomic E-state index is -5.74. The van der Waals surface area contributed by atoms with Crippen LogP contribution in [-0.2, 0) is 31.6 Å². The molecule has 33 heavy (non-hydrogen) atoms. The van der Waals surface area contributed by atoms with Gasteiger partial charge in [-0.05, 0) is 0 Å². The number of aliphatic hydroxyl groups is 1. The van der Waals surface area contributed by atoms with Crippen LogP contribution in [0.2, 0.25) is 0 Å². The highest BCUT2D eigenvalue weighted by atomic mass is 31.3. The van der Waals surface area contributed by atoms with Crippen LogP contribution in [0.3, 0.4) is 0 Å². The normalized spacial score (nSPS) is 27.2. The molecular formula is C12H17N6O12P3. The number of nitrogens with two attached hydrogens (primary N) is 2. The predicted molar refractivity (Wildman–Crippen MR) is 106 cm³/mol. The van der Waals surface area contributed by atoms with Gasteiger partial charge in [0.25, 0.3) is 0 Å². The molecule has 1 saturated heterocycles. The molecule has 0 radical (unpaired) electrons. The molecule has 0 amide bonds. The number of nitrogens with zero attached hydrogens (tertiary/aromatic N) is 4. The largest absolute Gasteiger partial charge is 0.490 e. The van der Waals surface area contributed by atoms with Crippen molar-refractivity contribution in [2.24, 2.45) is 0 Å². The van der Waals surface area contributed by atoms with Gasteiger partial charge in [-0.15, -0.1) is 6.42 Å². The summed E-state index contributed by atoms with van der Waals surface area (Å²) in [6.45, 7) is -1.06. The number of hydrogen-bond acceptors (Lipinski definition) is 13. The molecule has 1 aliphatic heterocycles. The molecule has 1 aliphatic rings. The number of ether oxygens (including phenoxy) is 1. The first-order chi connectivity index (χ1) is 15.1. The Morgan fingerprint density at radius 2 is 1.88 bits per heavy atom. The van der Waals surface area contributed by atoms with Crippen molar-refractivity contribution in [3.63, 3.8) is 0 Å². The Morgan fingerprint density at radius 1 is 1.21 bits per heavy atom. The zero-order valence-electron chi connectivity index (χ0n) is 16.1. The molecule has 21 heteroatoms. The smallest absolute Gasteiger partial charge is 0.389 e. The molecule has 0 bridgehead atoms. The van der Waals surface area contributed by atoms with Crippen molar-refractivity contribution >= 4 is 46.4 Å². The molecule has 0 spiro atoms. The first-order valence-corrected chi connectivity index (χ1v) is 13.0. The summed E-state index contributed by atoms with van der Waals surface area (Å²) in [5.41, 5.74) is 9.56. The number of phosphoric acid groups is 3. The zero-order valence-corrected chi connectivity index (χ0v) is 18.8. The van der Waals surface area contributed by atoms with Gasteiger partial charge in [-0.3, -0.25) is 9.09 Å². The molecule has 3 heterocycles. The van der Waals surface area contributed by atoms with Crippen molar-refractivity contribution in [2.45, 2.75) is 24.4 Å². The number of rotatable bonds is 8. The fraction of sp³-hybridized carbons (Fsp3) is 0.417. The van der Waals surface area contributed by atoms with Crippen LogP contribution in [0.4, 0.5) is 11.8 Å². The van der Waals surface area contributed by atoms with E-state index in [2.05, 4.69) is 34.0 Å². The topological polar surface area (TPSA) is 285 Å². The van der Waals surface area contributed by atoms with Gasteiger partial charge in [-0.2, -0.15) is 18.6 Å². The highest BCUT2D eigenvalue weighted by Gasteiger charge is 2.51. The van der Waals surface area contributed by atoms with E-state index in [9.17, 15) is 28.6 Å². The number of aromatic nitrogens is 4. The number of imidazole rings is 1. The number of hydrogen-bond donors (Lipinski definition) is 7. The standard InChI is InChI=1S/C12H17N6O12P3/c1-2-12(4-27-32(23,24)30-33(25,26)29-31(20,21)22)6(19)3-7(28-12)18-5-15-8-9(13)16-11(14)17-10(8)18/h1,5-7,19H,3-4H2,(H,23,24)(H,25,26)(H2,20,21,22)(H4,13,14,16,17)/t6-,7+,12+/m0/s1. The predicted octanol–water partition coefficient (Wildman–Crippen LogP) is -1.01. The third-order valence-electron chi connectivity index (χ3n) is 4.19. The summed E-state index contributed by atoms with van der Waals surface area (Å²) in [6, 6.07) is 0. The third kappa shape index (κ3) is 5.76. The van der Waals surface area contributed by atoms with Gasteiger partial charge in [0, 0.05) is 6.42 Å². The fourth-order valence-corrected chi connectivity index (χ4v) is 5.92. The summed E-state index contributed by atoms with van der Waals surface area (Å²) in [7, 11) is -16.8. The van der Waals surface area contributed by atoms with Crippen LogP contribution >= 0.6 is 23.5 Å². The summed E-state index contributed by atoms with van der Waals surface area (Å²) >= 11 is 0. The minimum Gasteiger partial charge on any atom is -0.389 e. The van der Waals surface area contributed by atoms with Crippen molar-refractivity contribution in [2.75, 3.05) is 18.1 Å². The van der Waals surface area contributed by atoms with E-state index in [1.165, 1.54) is 10.9 Å². The van der Waals surface area contributed by atoms with Crippen molar-refractivity contribution in [1.82, 2.24) is 19.5 Å². The number of terminal acetylenes is 1. The molecule has 2 aromatic heterocycles. The second kappa shape index (κ2) is 8.67. The maximum atomic E-state index is 12.0. The summed E-state index contributed by atoms with van der Waals surface area (Å²) in [5, 5.41) is 10.5. The van der Waals surface area contributed by atoms with Crippen molar-refractivity contribution in [3.8, 4) is 12.3 Å². The number of phosphoric ester groups is 1. The molecule has 0 saturated carbocycles. The van der Waals surface area contributed by atoms with Gasteiger partial charge < -0.3 is 40.9 Å². The Bertz CT molecular complexity index is 1260. The summed E-state index contributed by atoms with van der Waals surface area (Å²) in [6.07, 6.45) is 3.93. The molecule has 2 aromatic rings. The van der Waals surface area contributed by atoms with Crippen molar-refractivity contribution in [3.05, 3.63) is 6.33 Å². The van der Waals surface area contributed by atoms with Gasteiger partial charge in [0.05, 0.1) is 6.33 Å². The number of fused-ring (bicyclic) bond motifs is 1. The van der Waals surface area contributed by atoms with E-state index in [-0.39, 0.29) is 29.4 Å². The zero-order chi connectivity index (χ0) is 24.8. The average molecular weight is 530 g/mol. The van der Waals surface area contributed by atoms with Gasteiger partial charge in [-0.25, -0.2) is 18.7 Å². The molecular weight excluding hydrogens is 513 g/mol. The highest BCUT2D eigenvalue weighted by Crippen LogP contribution is 2.66. The number of anilines is 2. The average Bonchev–Trinajstić information content (AvgIpc) is 3.18. The van der Waals surface area contributed by atoms with E-state index in [0.717, 1.165) is 0 Å². The molecule has 182 valence electrons. The molecule has 3 rings (SSSR count). The Labute approximate surface area is 183 Å². The van der Waals surface area contributed by atoms with Crippen LogP contribution in [0.25, 0.3) is 11.2 Å². The Hall–Kier alpha value is -1.96. The molecule has 1 fully saturated rings. The first kappa shape index (κ1) is 25.7. The lowest BCUT2D eigenvalue weighted by molar-refractivity contribution is -0.0874. The van der Waals surface area contributed by atoms with Gasteiger partial charge in [-0.1, -0.05) is 5.92 Å². The van der Waals surface area contributed by atoms with Crippen LogP contribution < -0.4 is 11.5 Å². The van der Waals surface area contributed by atoms with E-state index in [0.29, 0.717) is 0 Å². The third-order valence-corrected chi connectivity index (χ3v) is 7.97. The number of aliphatic hydroxyl groups excluding tert-OH is 1. The lowest BCUT2D eigenvalue weighted by Gasteiger charge is -2.27. The van der Waals surface area contributed by atoms with Gasteiger partial charge in [0.1, 0.15) is 24.5 Å². The maximum Gasteiger partial charge on any atom is 0.490 e. The SMILES string of the molecule is C#C[C@]1(COP(=O)(O)OP(=O)(O)OP(=O)(O)O)O[C@@H](n2cnc3c(N)nc(N)nc32)C[C@@H]1O. The summed E-state index contributed by atoms with van der Waals surface area (Å²) < 4.78 is 52.8. The lowest BCUT2D eigenvalue weighted by atomic mass is 9.99. The minimum absolute atomic E-state index is 0.0225. The van der Waals surface area contributed by atoms with E-state index in [1.54, 1.807) is 0 Å². The van der Waals surface area contributed by atoms with Gasteiger partial charge in [0.2, 0.25) is 5.95 Å². The Kier molecular flexibility index (Phi) is 6.75.